The number of piperidine rings is 1. The highest BCUT2D eigenvalue weighted by molar-refractivity contribution is 5.89. The standard InChI is InChI=1S/C23H23FN4O.C2HF3O2/c24-18-6-8-19(9-7-18)26-22(29)27-13-10-23(11-14-27)12-15-28-20(16-25-21(23)28)17-4-2-1-3-5-17;3-2(4,5)1(6)7/h1-9,16H,10-15H2,(H,26,29);(H,6,7). The maximum atomic E-state index is 13.0. The van der Waals surface area contributed by atoms with E-state index in [1.54, 1.807) is 12.1 Å². The molecule has 3 heterocycles. The van der Waals surface area contributed by atoms with Crippen LogP contribution in [0.15, 0.2) is 60.8 Å². The van der Waals surface area contributed by atoms with Gasteiger partial charge in [-0.25, -0.2) is 19.0 Å². The number of benzene rings is 2. The first-order valence-electron chi connectivity index (χ1n) is 11.3. The molecule has 1 spiro atoms. The van der Waals surface area contributed by atoms with Crippen molar-refractivity contribution in [2.45, 2.75) is 37.4 Å². The lowest BCUT2D eigenvalue weighted by molar-refractivity contribution is -0.192. The second-order valence-corrected chi connectivity index (χ2v) is 8.74. The van der Waals surface area contributed by atoms with Gasteiger partial charge in [0.05, 0.1) is 11.9 Å². The van der Waals surface area contributed by atoms with Crippen molar-refractivity contribution in [1.29, 1.82) is 0 Å². The molecule has 2 aromatic carbocycles. The zero-order valence-corrected chi connectivity index (χ0v) is 19.1. The molecule has 1 fully saturated rings. The summed E-state index contributed by atoms with van der Waals surface area (Å²) in [5.74, 6) is -1.91. The molecule has 5 rings (SSSR count). The van der Waals surface area contributed by atoms with Crippen LogP contribution in [0.25, 0.3) is 11.3 Å². The van der Waals surface area contributed by atoms with E-state index in [1.807, 2.05) is 17.2 Å². The Balaban J connectivity index is 0.000000384. The van der Waals surface area contributed by atoms with E-state index in [0.29, 0.717) is 18.8 Å². The van der Waals surface area contributed by atoms with E-state index < -0.39 is 12.1 Å². The molecule has 2 aliphatic heterocycles. The van der Waals surface area contributed by atoms with Gasteiger partial charge in [0.1, 0.15) is 11.6 Å². The normalized spacial score (nSPS) is 16.2. The first kappa shape index (κ1) is 25.2. The SMILES string of the molecule is O=C(Nc1ccc(F)cc1)N1CCC2(CC1)CCn1c(-c3ccccc3)cnc12.O=C(O)C(F)(F)F. The second-order valence-electron chi connectivity index (χ2n) is 8.74. The van der Waals surface area contributed by atoms with Crippen LogP contribution in [-0.2, 0) is 16.8 Å². The molecule has 1 aromatic heterocycles. The molecular weight excluding hydrogens is 480 g/mol. The first-order valence-corrected chi connectivity index (χ1v) is 11.3. The van der Waals surface area contributed by atoms with Crippen molar-refractivity contribution in [2.24, 2.45) is 0 Å². The van der Waals surface area contributed by atoms with Crippen LogP contribution >= 0.6 is 0 Å². The Hall–Kier alpha value is -3.89. The molecule has 0 atom stereocenters. The number of halogens is 4. The van der Waals surface area contributed by atoms with Gasteiger partial charge >= 0.3 is 18.2 Å². The molecule has 2 aliphatic rings. The molecule has 36 heavy (non-hydrogen) atoms. The number of hydrogen-bond acceptors (Lipinski definition) is 3. The van der Waals surface area contributed by atoms with Crippen molar-refractivity contribution in [3.8, 4) is 11.3 Å². The molecule has 7 nitrogen and oxygen atoms in total. The summed E-state index contributed by atoms with van der Waals surface area (Å²) in [5.41, 5.74) is 3.04. The van der Waals surface area contributed by atoms with Crippen LogP contribution in [0, 0.1) is 5.82 Å². The monoisotopic (exact) mass is 504 g/mol. The third kappa shape index (κ3) is 5.34. The molecule has 11 heteroatoms. The highest BCUT2D eigenvalue weighted by Crippen LogP contribution is 2.44. The van der Waals surface area contributed by atoms with Crippen LogP contribution in [0.2, 0.25) is 0 Å². The van der Waals surface area contributed by atoms with E-state index in [-0.39, 0.29) is 17.3 Å². The maximum Gasteiger partial charge on any atom is 0.490 e. The predicted molar refractivity (Wildman–Crippen MR) is 124 cm³/mol. The van der Waals surface area contributed by atoms with Crippen molar-refractivity contribution in [2.75, 3.05) is 18.4 Å². The lowest BCUT2D eigenvalue weighted by atomic mass is 9.77. The average Bonchev–Trinajstić information content (AvgIpc) is 3.43. The Morgan fingerprint density at radius 1 is 0.944 bits per heavy atom. The van der Waals surface area contributed by atoms with Gasteiger partial charge in [-0.05, 0) is 49.1 Å². The van der Waals surface area contributed by atoms with Gasteiger partial charge in [-0.1, -0.05) is 30.3 Å². The fourth-order valence-corrected chi connectivity index (χ4v) is 4.65. The van der Waals surface area contributed by atoms with Crippen LogP contribution in [-0.4, -0.2) is 50.8 Å². The number of hydrogen-bond donors (Lipinski definition) is 2. The lowest BCUT2D eigenvalue weighted by Crippen LogP contribution is -2.46. The molecular formula is C25H24F4N4O3. The summed E-state index contributed by atoms with van der Waals surface area (Å²) in [6.45, 7) is 2.36. The third-order valence-electron chi connectivity index (χ3n) is 6.56. The minimum atomic E-state index is -5.08. The number of rotatable bonds is 2. The molecule has 2 amide bonds. The first-order chi connectivity index (χ1) is 17.1. The number of fused-ring (bicyclic) bond motifs is 2. The maximum absolute atomic E-state index is 13.0. The van der Waals surface area contributed by atoms with Gasteiger partial charge in [0.2, 0.25) is 0 Å². The molecule has 3 aromatic rings. The van der Waals surface area contributed by atoms with Gasteiger partial charge < -0.3 is 19.9 Å². The number of aliphatic carboxylic acids is 1. The number of nitrogens with zero attached hydrogens (tertiary/aromatic N) is 3. The van der Waals surface area contributed by atoms with Gasteiger partial charge in [-0.2, -0.15) is 13.2 Å². The second kappa shape index (κ2) is 10.00. The van der Waals surface area contributed by atoms with Gasteiger partial charge in [-0.15, -0.1) is 0 Å². The minimum absolute atomic E-state index is 0.0552. The topological polar surface area (TPSA) is 87.5 Å². The summed E-state index contributed by atoms with van der Waals surface area (Å²) in [4.78, 5) is 28.1. The zero-order chi connectivity index (χ0) is 25.9. The minimum Gasteiger partial charge on any atom is -0.475 e. The van der Waals surface area contributed by atoms with E-state index >= 15 is 0 Å². The van der Waals surface area contributed by atoms with Crippen LogP contribution in [0.1, 0.15) is 25.1 Å². The molecule has 0 aliphatic carbocycles. The smallest absolute Gasteiger partial charge is 0.475 e. The summed E-state index contributed by atoms with van der Waals surface area (Å²) < 4.78 is 47.1. The number of anilines is 1. The van der Waals surface area contributed by atoms with Gasteiger partial charge in [0.25, 0.3) is 0 Å². The number of imidazole rings is 1. The van der Waals surface area contributed by atoms with Crippen molar-refractivity contribution in [1.82, 2.24) is 14.5 Å². The fraction of sp³-hybridized carbons (Fsp3) is 0.320. The molecule has 0 radical (unpaired) electrons. The summed E-state index contributed by atoms with van der Waals surface area (Å²) in [5, 5.41) is 9.99. The number of nitrogens with one attached hydrogen (secondary N) is 1. The van der Waals surface area contributed by atoms with Crippen LogP contribution < -0.4 is 5.32 Å². The Kier molecular flexibility index (Phi) is 7.00. The summed E-state index contributed by atoms with van der Waals surface area (Å²) in [6, 6.07) is 16.1. The lowest BCUT2D eigenvalue weighted by Gasteiger charge is -2.38. The Labute approximate surface area is 204 Å². The van der Waals surface area contributed by atoms with Crippen LogP contribution in [0.5, 0.6) is 0 Å². The highest BCUT2D eigenvalue weighted by Gasteiger charge is 2.44. The molecule has 0 unspecified atom stereocenters. The van der Waals surface area contributed by atoms with E-state index in [9.17, 15) is 22.4 Å². The van der Waals surface area contributed by atoms with E-state index in [1.165, 1.54) is 23.4 Å². The molecule has 2 N–H and O–H groups in total. The largest absolute Gasteiger partial charge is 0.490 e. The van der Waals surface area contributed by atoms with Crippen molar-refractivity contribution in [3.05, 3.63) is 72.4 Å². The number of carboxylic acid groups (broad SMARTS) is 1. The third-order valence-corrected chi connectivity index (χ3v) is 6.56. The zero-order valence-electron chi connectivity index (χ0n) is 19.1. The van der Waals surface area contributed by atoms with E-state index in [0.717, 1.165) is 31.6 Å². The Morgan fingerprint density at radius 2 is 1.53 bits per heavy atom. The highest BCUT2D eigenvalue weighted by atomic mass is 19.4. The molecule has 190 valence electrons. The summed E-state index contributed by atoms with van der Waals surface area (Å²) >= 11 is 0. The van der Waals surface area contributed by atoms with Gasteiger partial charge in [0.15, 0.2) is 0 Å². The van der Waals surface area contributed by atoms with E-state index in [4.69, 9.17) is 14.9 Å². The number of carboxylic acids is 1. The number of carbonyl (C=O) groups is 2. The predicted octanol–water partition coefficient (Wildman–Crippen LogP) is 5.29. The molecule has 0 saturated carbocycles. The number of aromatic nitrogens is 2. The van der Waals surface area contributed by atoms with Crippen LogP contribution in [0.3, 0.4) is 0 Å². The van der Waals surface area contributed by atoms with Crippen LogP contribution in [0.4, 0.5) is 28.0 Å². The van der Waals surface area contributed by atoms with E-state index in [2.05, 4.69) is 34.1 Å². The molecule has 0 bridgehead atoms. The summed E-state index contributed by atoms with van der Waals surface area (Å²) in [7, 11) is 0. The number of urea groups is 1. The van der Waals surface area contributed by atoms with Crippen molar-refractivity contribution >= 4 is 17.7 Å². The Bertz CT molecular complexity index is 1220. The van der Waals surface area contributed by atoms with Gasteiger partial charge in [0, 0.05) is 30.7 Å². The Morgan fingerprint density at radius 3 is 2.11 bits per heavy atom. The van der Waals surface area contributed by atoms with Crippen molar-refractivity contribution in [3.63, 3.8) is 0 Å². The quantitative estimate of drug-likeness (QED) is 0.464. The van der Waals surface area contributed by atoms with Crippen molar-refractivity contribution < 1.29 is 32.3 Å². The molecule has 1 saturated heterocycles. The fourth-order valence-electron chi connectivity index (χ4n) is 4.65. The number of carbonyl (C=O) groups excluding carboxylic acids is 1. The summed E-state index contributed by atoms with van der Waals surface area (Å²) in [6.07, 6.45) is -0.202. The number of likely N-dealkylation sites (tertiary alicyclic amines) is 1. The number of amides is 2. The van der Waals surface area contributed by atoms with Gasteiger partial charge in [-0.3, -0.25) is 0 Å². The number of alkyl halides is 3. The average molecular weight is 504 g/mol.